The Morgan fingerprint density at radius 2 is 1.14 bits per heavy atom. The molecule has 1 saturated carbocycles. The van der Waals surface area contributed by atoms with E-state index in [1.54, 1.807) is 27.4 Å². The van der Waals surface area contributed by atoms with E-state index >= 15 is 0 Å². The molecule has 3 heteroatoms. The monoisotopic (exact) mass is 694 g/mol. The van der Waals surface area contributed by atoms with Gasteiger partial charge in [-0.3, -0.25) is 0 Å². The molecule has 0 N–H and O–H groups in total. The predicted octanol–water partition coefficient (Wildman–Crippen LogP) is 4.94. The topological polar surface area (TPSA) is 0 Å². The van der Waals surface area contributed by atoms with Gasteiger partial charge in [0.1, 0.15) is 0 Å². The summed E-state index contributed by atoms with van der Waals surface area (Å²) >= 11 is 1.68. The van der Waals surface area contributed by atoms with Gasteiger partial charge in [0.25, 0.3) is 0 Å². The van der Waals surface area contributed by atoms with E-state index in [2.05, 4.69) is 102 Å². The molecular formula is C41H42Cl2Zr-2. The molecule has 7 rings (SSSR count). The normalized spacial score (nSPS) is 12.5. The Morgan fingerprint density at radius 1 is 0.636 bits per heavy atom. The summed E-state index contributed by atoms with van der Waals surface area (Å²) in [5.41, 5.74) is 18.8. The van der Waals surface area contributed by atoms with Gasteiger partial charge in [-0.05, 0) is 70.2 Å². The molecule has 0 radical (unpaired) electrons. The molecule has 0 heterocycles. The number of hydrogen-bond donors (Lipinski definition) is 0. The summed E-state index contributed by atoms with van der Waals surface area (Å²) in [5, 5.41) is 0. The third-order valence-electron chi connectivity index (χ3n) is 8.49. The molecule has 1 fully saturated rings. The van der Waals surface area contributed by atoms with Crippen molar-refractivity contribution in [3.8, 4) is 33.4 Å². The number of rotatable bonds is 2. The van der Waals surface area contributed by atoms with Crippen LogP contribution in [-0.2, 0) is 30.7 Å². The molecule has 0 aromatic heterocycles. The second-order valence-corrected chi connectivity index (χ2v) is 13.9. The molecular weight excluding hydrogens is 655 g/mol. The van der Waals surface area contributed by atoms with Crippen LogP contribution >= 0.6 is 0 Å². The van der Waals surface area contributed by atoms with Crippen LogP contribution < -0.4 is 24.8 Å². The molecule has 2 aliphatic carbocycles. The predicted molar refractivity (Wildman–Crippen MR) is 178 cm³/mol. The summed E-state index contributed by atoms with van der Waals surface area (Å²) in [6.07, 6.45) is 6.81. The molecule has 5 aromatic carbocycles. The van der Waals surface area contributed by atoms with E-state index in [4.69, 9.17) is 0 Å². The average Bonchev–Trinajstić information content (AvgIpc) is 3.71. The number of benzene rings is 4. The number of aryl methyl sites for hydroxylation is 6. The van der Waals surface area contributed by atoms with E-state index in [9.17, 15) is 0 Å². The zero-order valence-electron chi connectivity index (χ0n) is 26.9. The first-order valence-electron chi connectivity index (χ1n) is 15.3. The molecule has 2 aliphatic rings. The quantitative estimate of drug-likeness (QED) is 0.226. The summed E-state index contributed by atoms with van der Waals surface area (Å²) in [5.74, 6) is 0. The molecule has 0 aliphatic heterocycles. The molecule has 0 nitrogen and oxygen atoms in total. The van der Waals surface area contributed by atoms with Gasteiger partial charge in [-0.1, -0.05) is 81.4 Å². The SMILES string of the molecule is Cc1cc(C)c(-c2c[c-]c3c(c2)-c2cc(-c4c(C)cc(C)cc4C)ccc2C3)c(C)c1.[Cl-].[Cl-].[Zr+2]=[C]1CCCC1.c1cc[cH-]c1. The Kier molecular flexibility index (Phi) is 13.3. The molecule has 0 unspecified atom stereocenters. The first-order valence-corrected chi connectivity index (χ1v) is 16.5. The smallest absolute Gasteiger partial charge is 0.172 e. The van der Waals surface area contributed by atoms with Crippen LogP contribution in [0.4, 0.5) is 0 Å². The van der Waals surface area contributed by atoms with Crippen LogP contribution in [0.15, 0.2) is 84.9 Å². The van der Waals surface area contributed by atoms with Crippen LogP contribution in [0.5, 0.6) is 0 Å². The largest absolute Gasteiger partial charge is 0.214 e. The van der Waals surface area contributed by atoms with E-state index < -0.39 is 0 Å². The fourth-order valence-electron chi connectivity index (χ4n) is 6.78. The van der Waals surface area contributed by atoms with Gasteiger partial charge in [0, 0.05) is 0 Å². The fraction of sp³-hybridized carbons (Fsp3) is 0.268. The van der Waals surface area contributed by atoms with Gasteiger partial charge in [0.2, 0.25) is 0 Å². The maximum atomic E-state index is 3.62. The first-order chi connectivity index (χ1) is 20.2. The van der Waals surface area contributed by atoms with Crippen molar-refractivity contribution in [1.29, 1.82) is 0 Å². The van der Waals surface area contributed by atoms with Crippen molar-refractivity contribution < 1.29 is 49.0 Å². The van der Waals surface area contributed by atoms with Crippen molar-refractivity contribution >= 4 is 3.21 Å². The fourth-order valence-corrected chi connectivity index (χ4v) is 7.65. The van der Waals surface area contributed by atoms with Gasteiger partial charge in [-0.25, -0.2) is 12.1 Å². The minimum Gasteiger partial charge on any atom is -0.214 e. The number of fused-ring (bicyclic) bond motifs is 3. The zero-order valence-corrected chi connectivity index (χ0v) is 30.8. The van der Waals surface area contributed by atoms with Crippen molar-refractivity contribution in [2.75, 3.05) is 0 Å². The Bertz CT molecular complexity index is 1550. The summed E-state index contributed by atoms with van der Waals surface area (Å²) in [6.45, 7) is 13.2. The van der Waals surface area contributed by atoms with Gasteiger partial charge in [0.05, 0.1) is 0 Å². The second kappa shape index (κ2) is 16.2. The van der Waals surface area contributed by atoms with Crippen molar-refractivity contribution in [3.63, 3.8) is 0 Å². The van der Waals surface area contributed by atoms with Gasteiger partial charge in [-0.2, -0.15) is 42.0 Å². The Balaban J connectivity index is 0.000000343. The van der Waals surface area contributed by atoms with Gasteiger partial charge in [-0.15, -0.1) is 11.1 Å². The van der Waals surface area contributed by atoms with Crippen LogP contribution in [0.3, 0.4) is 0 Å². The molecule has 44 heavy (non-hydrogen) atoms. The average molecular weight is 697 g/mol. The number of hydrogen-bond acceptors (Lipinski definition) is 0. The molecule has 0 amide bonds. The van der Waals surface area contributed by atoms with Crippen LogP contribution in [0, 0.1) is 47.6 Å². The summed E-state index contributed by atoms with van der Waals surface area (Å²) < 4.78 is 1.79. The summed E-state index contributed by atoms with van der Waals surface area (Å²) in [4.78, 5) is 0. The summed E-state index contributed by atoms with van der Waals surface area (Å²) in [6, 6.07) is 34.4. The van der Waals surface area contributed by atoms with E-state index in [1.807, 2.05) is 30.3 Å². The van der Waals surface area contributed by atoms with Gasteiger partial charge in [0.15, 0.2) is 0 Å². The minimum absolute atomic E-state index is 0. The van der Waals surface area contributed by atoms with Crippen molar-refractivity contribution in [3.05, 3.63) is 136 Å². The summed E-state index contributed by atoms with van der Waals surface area (Å²) in [7, 11) is 0. The van der Waals surface area contributed by atoms with Crippen LogP contribution in [0.25, 0.3) is 33.4 Å². The third-order valence-corrected chi connectivity index (χ3v) is 9.72. The van der Waals surface area contributed by atoms with E-state index in [0.29, 0.717) is 0 Å². The molecule has 5 aromatic rings. The minimum atomic E-state index is 0. The standard InChI is InChI=1S/C31H29.C5H8.C5H5.2ClH.Zr/c1-18-11-20(3)30(21(4)12-18)26-9-7-24-15-25-8-10-27(17-29(25)28(24)16-26)31-22(5)13-19(2)14-23(31)6;2*1-2-4-5-3-1;;;/h7,9-14,16-17H,15H2,1-6H3;1-4H2;1-5H;2*1H;/q-1;;-1;;;+2/p-2. The maximum Gasteiger partial charge on any atom is -0.172 e. The van der Waals surface area contributed by atoms with Crippen molar-refractivity contribution in [1.82, 2.24) is 0 Å². The third kappa shape index (κ3) is 8.43. The Morgan fingerprint density at radius 3 is 1.59 bits per heavy atom. The molecule has 0 bridgehead atoms. The molecule has 226 valence electrons. The number of halogens is 2. The second-order valence-electron chi connectivity index (χ2n) is 12.1. The zero-order chi connectivity index (χ0) is 29.8. The van der Waals surface area contributed by atoms with Crippen molar-refractivity contribution in [2.45, 2.75) is 73.6 Å². The molecule has 0 spiro atoms. The molecule has 0 atom stereocenters. The van der Waals surface area contributed by atoms with E-state index in [1.165, 1.54) is 104 Å². The van der Waals surface area contributed by atoms with E-state index in [0.717, 1.165) is 6.42 Å². The molecule has 0 saturated heterocycles. The van der Waals surface area contributed by atoms with E-state index in [-0.39, 0.29) is 24.8 Å². The van der Waals surface area contributed by atoms with Crippen LogP contribution in [0.2, 0.25) is 0 Å². The van der Waals surface area contributed by atoms with Gasteiger partial charge < -0.3 is 24.8 Å². The van der Waals surface area contributed by atoms with Gasteiger partial charge >= 0.3 is 53.1 Å². The Hall–Kier alpha value is -2.44. The first kappa shape index (κ1) is 36.0. The van der Waals surface area contributed by atoms with Crippen LogP contribution in [0.1, 0.15) is 70.2 Å². The van der Waals surface area contributed by atoms with Crippen LogP contribution in [-0.4, -0.2) is 3.21 Å². The Labute approximate surface area is 292 Å². The van der Waals surface area contributed by atoms with Crippen molar-refractivity contribution in [2.24, 2.45) is 0 Å². The maximum absolute atomic E-state index is 3.62.